The minimum atomic E-state index is 0.616. The number of nitrogens with two attached hydrogens (primary N) is 1. The topological polar surface area (TPSA) is 29.3 Å². The average Bonchev–Trinajstić information content (AvgIpc) is 2.48. The van der Waals surface area contributed by atoms with E-state index in [1.54, 1.807) is 0 Å². The molecule has 110 valence electrons. The van der Waals surface area contributed by atoms with Crippen molar-refractivity contribution in [1.82, 2.24) is 0 Å². The summed E-state index contributed by atoms with van der Waals surface area (Å²) in [5, 5.41) is 0.817. The number of rotatable bonds is 3. The Morgan fingerprint density at radius 2 is 2.05 bits per heavy atom. The van der Waals surface area contributed by atoms with Crippen LogP contribution in [0.4, 0.5) is 11.4 Å². The van der Waals surface area contributed by atoms with Crippen molar-refractivity contribution >= 4 is 23.0 Å². The Morgan fingerprint density at radius 3 is 2.86 bits per heavy atom. The lowest BCUT2D eigenvalue weighted by atomic mass is 9.97. The minimum absolute atomic E-state index is 0.616. The van der Waals surface area contributed by atoms with E-state index in [1.807, 2.05) is 12.1 Å². The number of aryl methyl sites for hydroxylation is 2. The summed E-state index contributed by atoms with van der Waals surface area (Å²) in [4.78, 5) is 2.40. The fraction of sp³-hybridized carbons (Fsp3) is 0.333. The second kappa shape index (κ2) is 6.08. The van der Waals surface area contributed by atoms with Crippen LogP contribution in [0.1, 0.15) is 23.1 Å². The van der Waals surface area contributed by atoms with Crippen LogP contribution in [0.2, 0.25) is 5.02 Å². The molecule has 0 aliphatic carbocycles. The summed E-state index contributed by atoms with van der Waals surface area (Å²) in [6, 6.07) is 12.9. The van der Waals surface area contributed by atoms with Gasteiger partial charge in [0.2, 0.25) is 0 Å². The molecule has 1 heterocycles. The zero-order valence-corrected chi connectivity index (χ0v) is 13.2. The second-order valence-corrected chi connectivity index (χ2v) is 6.07. The fourth-order valence-electron chi connectivity index (χ4n) is 3.17. The third kappa shape index (κ3) is 2.78. The molecular formula is C18H21ClN2. The number of anilines is 2. The number of hydrogen-bond acceptors (Lipinski definition) is 2. The summed E-state index contributed by atoms with van der Waals surface area (Å²) >= 11 is 6.40. The van der Waals surface area contributed by atoms with Crippen LogP contribution in [0.5, 0.6) is 0 Å². The summed E-state index contributed by atoms with van der Waals surface area (Å²) in [6.07, 6.45) is 3.14. The maximum absolute atomic E-state index is 6.40. The molecule has 0 spiro atoms. The van der Waals surface area contributed by atoms with Crippen LogP contribution in [0, 0.1) is 6.92 Å². The molecule has 21 heavy (non-hydrogen) atoms. The van der Waals surface area contributed by atoms with Crippen molar-refractivity contribution in [3.05, 3.63) is 58.1 Å². The lowest BCUT2D eigenvalue weighted by molar-refractivity contribution is 0.762. The number of halogens is 1. The Morgan fingerprint density at radius 1 is 1.19 bits per heavy atom. The van der Waals surface area contributed by atoms with Crippen LogP contribution in [0.3, 0.4) is 0 Å². The Hall–Kier alpha value is -1.51. The van der Waals surface area contributed by atoms with Crippen LogP contribution in [0.25, 0.3) is 0 Å². The van der Waals surface area contributed by atoms with E-state index in [0.717, 1.165) is 30.0 Å². The molecule has 0 unspecified atom stereocenters. The van der Waals surface area contributed by atoms with Gasteiger partial charge in [0.05, 0.1) is 0 Å². The summed E-state index contributed by atoms with van der Waals surface area (Å²) in [5.41, 5.74) is 12.2. The van der Waals surface area contributed by atoms with Crippen LogP contribution >= 0.6 is 11.6 Å². The minimum Gasteiger partial charge on any atom is -0.341 e. The average molecular weight is 301 g/mol. The van der Waals surface area contributed by atoms with E-state index in [-0.39, 0.29) is 0 Å². The molecule has 2 aromatic carbocycles. The molecule has 0 saturated heterocycles. The molecule has 0 radical (unpaired) electrons. The number of benzene rings is 2. The molecule has 0 atom stereocenters. The maximum Gasteiger partial charge on any atom is 0.0459 e. The summed E-state index contributed by atoms with van der Waals surface area (Å²) in [6.45, 7) is 3.80. The molecule has 2 aromatic rings. The maximum atomic E-state index is 6.40. The zero-order chi connectivity index (χ0) is 14.8. The highest BCUT2D eigenvalue weighted by molar-refractivity contribution is 6.31. The molecule has 0 aromatic heterocycles. The second-order valence-electron chi connectivity index (χ2n) is 5.66. The first-order chi connectivity index (χ1) is 10.2. The third-order valence-electron chi connectivity index (χ3n) is 4.13. The molecule has 0 fully saturated rings. The van der Waals surface area contributed by atoms with Crippen molar-refractivity contribution in [2.75, 3.05) is 18.0 Å². The predicted molar refractivity (Wildman–Crippen MR) is 90.7 cm³/mol. The van der Waals surface area contributed by atoms with Crippen molar-refractivity contribution in [2.45, 2.75) is 26.2 Å². The summed E-state index contributed by atoms with van der Waals surface area (Å²) < 4.78 is 0. The Bertz CT molecular complexity index is 652. The first kappa shape index (κ1) is 14.4. The first-order valence-corrected chi connectivity index (χ1v) is 7.93. The van der Waals surface area contributed by atoms with Gasteiger partial charge in [0.15, 0.2) is 0 Å². The van der Waals surface area contributed by atoms with Gasteiger partial charge in [-0.25, -0.2) is 0 Å². The van der Waals surface area contributed by atoms with E-state index in [2.05, 4.69) is 36.1 Å². The van der Waals surface area contributed by atoms with Crippen molar-refractivity contribution < 1.29 is 0 Å². The standard InChI is InChI=1S/C18H21ClN2/c1-13-7-8-17-14(12-13)4-3-11-21(17)18-6-2-5-16(19)15(18)9-10-20/h2,5-8,12H,3-4,9-11,20H2,1H3. The molecule has 3 heteroatoms. The lowest BCUT2D eigenvalue weighted by Gasteiger charge is -2.33. The fourth-order valence-corrected chi connectivity index (χ4v) is 3.43. The monoisotopic (exact) mass is 300 g/mol. The van der Waals surface area contributed by atoms with Crippen molar-refractivity contribution in [2.24, 2.45) is 5.73 Å². The van der Waals surface area contributed by atoms with E-state index in [1.165, 1.54) is 28.9 Å². The highest BCUT2D eigenvalue weighted by Crippen LogP contribution is 2.37. The third-order valence-corrected chi connectivity index (χ3v) is 4.49. The Kier molecular flexibility index (Phi) is 4.18. The number of fused-ring (bicyclic) bond motifs is 1. The van der Waals surface area contributed by atoms with Crippen molar-refractivity contribution in [3.8, 4) is 0 Å². The van der Waals surface area contributed by atoms with Crippen LogP contribution in [-0.4, -0.2) is 13.1 Å². The highest BCUT2D eigenvalue weighted by atomic mass is 35.5. The van der Waals surface area contributed by atoms with Gasteiger partial charge in [-0.3, -0.25) is 0 Å². The molecule has 2 nitrogen and oxygen atoms in total. The van der Waals surface area contributed by atoms with Gasteiger partial charge in [0, 0.05) is 22.9 Å². The van der Waals surface area contributed by atoms with E-state index in [4.69, 9.17) is 17.3 Å². The van der Waals surface area contributed by atoms with Gasteiger partial charge in [0.25, 0.3) is 0 Å². The van der Waals surface area contributed by atoms with E-state index >= 15 is 0 Å². The van der Waals surface area contributed by atoms with Gasteiger partial charge in [-0.2, -0.15) is 0 Å². The van der Waals surface area contributed by atoms with Crippen LogP contribution in [0.15, 0.2) is 36.4 Å². The largest absolute Gasteiger partial charge is 0.341 e. The number of hydrogen-bond donors (Lipinski definition) is 1. The zero-order valence-electron chi connectivity index (χ0n) is 12.4. The molecule has 0 bridgehead atoms. The highest BCUT2D eigenvalue weighted by Gasteiger charge is 2.21. The van der Waals surface area contributed by atoms with E-state index < -0.39 is 0 Å². The van der Waals surface area contributed by atoms with E-state index in [0.29, 0.717) is 6.54 Å². The van der Waals surface area contributed by atoms with E-state index in [9.17, 15) is 0 Å². The van der Waals surface area contributed by atoms with Gasteiger partial charge in [-0.05, 0) is 62.1 Å². The quantitative estimate of drug-likeness (QED) is 0.919. The lowest BCUT2D eigenvalue weighted by Crippen LogP contribution is -2.26. The van der Waals surface area contributed by atoms with Gasteiger partial charge < -0.3 is 10.6 Å². The predicted octanol–water partition coefficient (Wildman–Crippen LogP) is 4.23. The van der Waals surface area contributed by atoms with Crippen LogP contribution < -0.4 is 10.6 Å². The van der Waals surface area contributed by atoms with Crippen molar-refractivity contribution in [1.29, 1.82) is 0 Å². The molecule has 2 N–H and O–H groups in total. The summed E-state index contributed by atoms with van der Waals surface area (Å²) in [7, 11) is 0. The molecule has 1 aliphatic rings. The van der Waals surface area contributed by atoms with Crippen molar-refractivity contribution in [3.63, 3.8) is 0 Å². The molecule has 3 rings (SSSR count). The SMILES string of the molecule is Cc1ccc2c(c1)CCCN2c1cccc(Cl)c1CCN. The van der Waals surface area contributed by atoms with Gasteiger partial charge in [-0.1, -0.05) is 35.4 Å². The van der Waals surface area contributed by atoms with Gasteiger partial charge in [-0.15, -0.1) is 0 Å². The smallest absolute Gasteiger partial charge is 0.0459 e. The molecule has 1 aliphatic heterocycles. The van der Waals surface area contributed by atoms with Gasteiger partial charge >= 0.3 is 0 Å². The van der Waals surface area contributed by atoms with Gasteiger partial charge in [0.1, 0.15) is 0 Å². The number of nitrogens with zero attached hydrogens (tertiary/aromatic N) is 1. The molecule has 0 amide bonds. The Labute approximate surface area is 131 Å². The first-order valence-electron chi connectivity index (χ1n) is 7.55. The molecular weight excluding hydrogens is 280 g/mol. The summed E-state index contributed by atoms with van der Waals surface area (Å²) in [5.74, 6) is 0. The van der Waals surface area contributed by atoms with Crippen LogP contribution in [-0.2, 0) is 12.8 Å². The molecule has 0 saturated carbocycles. The normalized spacial score (nSPS) is 14.1. The Balaban J connectivity index is 2.09.